The number of aromatic nitrogens is 2. The highest BCUT2D eigenvalue weighted by molar-refractivity contribution is 6.02. The normalized spacial score (nSPS) is 14.2. The Bertz CT molecular complexity index is 2450. The van der Waals surface area contributed by atoms with Gasteiger partial charge in [0, 0.05) is 12.4 Å². The smallest absolute Gasteiger partial charge is 0.408 e. The molecule has 61 heavy (non-hydrogen) atoms. The van der Waals surface area contributed by atoms with Crippen molar-refractivity contribution in [1.29, 1.82) is 0 Å². The van der Waals surface area contributed by atoms with E-state index in [0.29, 0.717) is 36.3 Å². The summed E-state index contributed by atoms with van der Waals surface area (Å²) in [6.45, 7) is 3.97. The van der Waals surface area contributed by atoms with Crippen LogP contribution in [0.1, 0.15) is 54.1 Å². The summed E-state index contributed by atoms with van der Waals surface area (Å²) >= 11 is 0. The van der Waals surface area contributed by atoms with Crippen molar-refractivity contribution < 1.29 is 33.4 Å². The summed E-state index contributed by atoms with van der Waals surface area (Å²) < 4.78 is 19.1. The number of esters is 1. The van der Waals surface area contributed by atoms with Crippen LogP contribution in [0.2, 0.25) is 0 Å². The number of methoxy groups -OCH3 is 1. The van der Waals surface area contributed by atoms with Gasteiger partial charge in [0.2, 0.25) is 5.91 Å². The topological polar surface area (TPSA) is 141 Å². The molecule has 0 aliphatic heterocycles. The number of aryl methyl sites for hydroxylation is 1. The summed E-state index contributed by atoms with van der Waals surface area (Å²) in [5, 5.41) is 11.1. The van der Waals surface area contributed by atoms with Crippen molar-refractivity contribution >= 4 is 40.5 Å². The number of hydrogen-bond acceptors (Lipinski definition) is 8. The molecule has 7 rings (SSSR count). The highest BCUT2D eigenvalue weighted by Gasteiger charge is 2.47. The quantitative estimate of drug-likeness (QED) is 0.0938. The number of carbonyl (C=O) groups excluding carboxylic acids is 4. The van der Waals surface area contributed by atoms with Gasteiger partial charge < -0.3 is 29.7 Å². The molecule has 3 amide bonds. The number of anilines is 1. The van der Waals surface area contributed by atoms with Gasteiger partial charge in [-0.3, -0.25) is 14.3 Å². The van der Waals surface area contributed by atoms with E-state index in [9.17, 15) is 9.59 Å². The molecule has 0 saturated heterocycles. The monoisotopic (exact) mass is 821 g/mol. The molecule has 2 N–H and O–H groups in total. The van der Waals surface area contributed by atoms with Crippen molar-refractivity contribution in [3.63, 3.8) is 0 Å². The average Bonchev–Trinajstić information content (AvgIpc) is 3.90. The number of hydrogen-bond donors (Lipinski definition) is 2. The third-order valence-corrected chi connectivity index (χ3v) is 11.5. The Morgan fingerprint density at radius 1 is 0.820 bits per heavy atom. The second-order valence-corrected chi connectivity index (χ2v) is 15.5. The molecule has 0 saturated carbocycles. The Balaban J connectivity index is 1.33. The first-order valence-corrected chi connectivity index (χ1v) is 20.6. The van der Waals surface area contributed by atoms with Crippen LogP contribution < -0.4 is 15.4 Å². The number of benzene rings is 5. The Labute approximate surface area is 355 Å². The van der Waals surface area contributed by atoms with E-state index in [1.54, 1.807) is 41.2 Å². The minimum absolute atomic E-state index is 0.0260. The van der Waals surface area contributed by atoms with E-state index in [2.05, 4.69) is 15.7 Å². The number of fused-ring (bicyclic) bond motifs is 2. The first-order valence-electron chi connectivity index (χ1n) is 20.6. The number of alkyl carbamates (subject to hydrolysis) is 1. The molecule has 0 radical (unpaired) electrons. The molecular weight excluding hydrogens is 771 g/mol. The first-order chi connectivity index (χ1) is 29.6. The molecule has 0 bridgehead atoms. The predicted molar refractivity (Wildman–Crippen MR) is 232 cm³/mol. The maximum atomic E-state index is 15.9. The molecule has 6 aromatic rings. The largest absolute Gasteiger partial charge is 0.487 e. The van der Waals surface area contributed by atoms with Crippen LogP contribution in [0.25, 0.3) is 10.9 Å². The van der Waals surface area contributed by atoms with Crippen molar-refractivity contribution in [2.75, 3.05) is 12.4 Å². The first kappa shape index (κ1) is 42.2. The Kier molecular flexibility index (Phi) is 13.4. The van der Waals surface area contributed by atoms with E-state index in [0.717, 1.165) is 33.2 Å². The fraction of sp³-hybridized carbons (Fsp3) is 0.286. The Hall–Kier alpha value is -6.95. The lowest BCUT2D eigenvalue weighted by Crippen LogP contribution is -2.60. The molecule has 1 aliphatic carbocycles. The maximum absolute atomic E-state index is 15.9. The van der Waals surface area contributed by atoms with Crippen LogP contribution in [0.3, 0.4) is 0 Å². The number of amides is 3. The van der Waals surface area contributed by atoms with E-state index in [1.807, 2.05) is 118 Å². The van der Waals surface area contributed by atoms with Crippen molar-refractivity contribution in [3.05, 3.63) is 161 Å². The highest BCUT2D eigenvalue weighted by Crippen LogP contribution is 2.36. The number of rotatable bonds is 16. The lowest BCUT2D eigenvalue weighted by Gasteiger charge is -2.41. The summed E-state index contributed by atoms with van der Waals surface area (Å²) in [5.41, 5.74) is 5.40. The molecule has 12 heteroatoms. The fourth-order valence-electron chi connectivity index (χ4n) is 8.07. The lowest BCUT2D eigenvalue weighted by atomic mass is 9.89. The predicted octanol–water partition coefficient (Wildman–Crippen LogP) is 7.96. The molecule has 314 valence electrons. The third-order valence-electron chi connectivity index (χ3n) is 11.5. The molecular formula is C49H51N5O7. The van der Waals surface area contributed by atoms with Crippen molar-refractivity contribution in [2.45, 2.75) is 64.4 Å². The SMILES string of the molecule is CC[C@H](C)[C@H](C(=O)OC)N(C(=O)[C@H](NC(=O)OCc1ccccc1)C1Cc2ccccc2C1)C(C(=O)Nc1ccccc1OCc1ccccc1)c1ccc2c(cnn2C)c1. The van der Waals surface area contributed by atoms with E-state index in [4.69, 9.17) is 14.2 Å². The Morgan fingerprint density at radius 3 is 2.10 bits per heavy atom. The van der Waals surface area contributed by atoms with Crippen LogP contribution in [0.15, 0.2) is 134 Å². The van der Waals surface area contributed by atoms with Gasteiger partial charge in [0.1, 0.15) is 37.1 Å². The van der Waals surface area contributed by atoms with E-state index in [-0.39, 0.29) is 13.2 Å². The van der Waals surface area contributed by atoms with E-state index >= 15 is 9.59 Å². The zero-order valence-electron chi connectivity index (χ0n) is 34.8. The number of ether oxygens (including phenoxy) is 3. The standard InChI is InChI=1S/C49H51N5O7/c1-5-32(2)44(48(57)59-4)54(47(56)43(38-26-35-20-12-13-21-36(35)27-38)52-49(58)61-31-34-18-10-7-11-19-34)45(37-24-25-41-39(28-37)29-50-53(41)3)46(55)51-40-22-14-15-23-42(40)60-30-33-16-8-6-9-17-33/h6-25,28-29,32,38,43-45H,5,26-27,30-31H2,1-4H3,(H,51,55)(H,52,58)/t32-,43+,44+,45?/m0/s1. The van der Waals surface area contributed by atoms with Crippen LogP contribution in [-0.4, -0.2) is 57.8 Å². The third kappa shape index (κ3) is 9.75. The van der Waals surface area contributed by atoms with Gasteiger partial charge in [0.15, 0.2) is 0 Å². The molecule has 1 heterocycles. The van der Waals surface area contributed by atoms with Crippen molar-refractivity contribution in [1.82, 2.24) is 20.0 Å². The zero-order valence-corrected chi connectivity index (χ0v) is 34.8. The molecule has 1 aromatic heterocycles. The van der Waals surface area contributed by atoms with Gasteiger partial charge in [-0.15, -0.1) is 0 Å². The average molecular weight is 822 g/mol. The van der Waals surface area contributed by atoms with Gasteiger partial charge in [-0.1, -0.05) is 123 Å². The van der Waals surface area contributed by atoms with E-state index < -0.39 is 53.8 Å². The van der Waals surface area contributed by atoms with Crippen LogP contribution in [0.4, 0.5) is 10.5 Å². The van der Waals surface area contributed by atoms with Crippen molar-refractivity contribution in [2.24, 2.45) is 18.9 Å². The van der Waals surface area contributed by atoms with Gasteiger partial charge in [-0.25, -0.2) is 9.59 Å². The number of carbonyl (C=O) groups is 4. The number of para-hydroxylation sites is 2. The summed E-state index contributed by atoms with van der Waals surface area (Å²) in [4.78, 5) is 60.5. The maximum Gasteiger partial charge on any atom is 0.408 e. The van der Waals surface area contributed by atoms with Crippen LogP contribution >= 0.6 is 0 Å². The Morgan fingerprint density at radius 2 is 1.44 bits per heavy atom. The zero-order chi connectivity index (χ0) is 42.9. The summed E-state index contributed by atoms with van der Waals surface area (Å²) in [6, 6.07) is 35.4. The van der Waals surface area contributed by atoms with Gasteiger partial charge in [-0.2, -0.15) is 5.10 Å². The molecule has 5 aromatic carbocycles. The van der Waals surface area contributed by atoms with Gasteiger partial charge >= 0.3 is 12.1 Å². The molecule has 1 unspecified atom stereocenters. The summed E-state index contributed by atoms with van der Waals surface area (Å²) in [7, 11) is 3.08. The van der Waals surface area contributed by atoms with Crippen LogP contribution in [0.5, 0.6) is 5.75 Å². The molecule has 1 aliphatic rings. The minimum Gasteiger partial charge on any atom is -0.487 e. The van der Waals surface area contributed by atoms with Crippen LogP contribution in [0, 0.1) is 11.8 Å². The molecule has 4 atom stereocenters. The molecule has 0 fully saturated rings. The lowest BCUT2D eigenvalue weighted by molar-refractivity contribution is -0.160. The number of nitrogens with one attached hydrogen (secondary N) is 2. The molecule has 0 spiro atoms. The van der Waals surface area contributed by atoms with Gasteiger partial charge in [-0.05, 0) is 76.8 Å². The van der Waals surface area contributed by atoms with Crippen molar-refractivity contribution in [3.8, 4) is 5.75 Å². The highest BCUT2D eigenvalue weighted by atomic mass is 16.5. The minimum atomic E-state index is -1.41. The fourth-order valence-corrected chi connectivity index (χ4v) is 8.07. The second kappa shape index (κ2) is 19.4. The number of nitrogens with zero attached hydrogens (tertiary/aromatic N) is 3. The second-order valence-electron chi connectivity index (χ2n) is 15.5. The van der Waals surface area contributed by atoms with Gasteiger partial charge in [0.25, 0.3) is 5.91 Å². The van der Waals surface area contributed by atoms with Gasteiger partial charge in [0.05, 0.1) is 24.5 Å². The van der Waals surface area contributed by atoms with E-state index in [1.165, 1.54) is 12.0 Å². The van der Waals surface area contributed by atoms with Crippen LogP contribution in [-0.2, 0) is 57.0 Å². The summed E-state index contributed by atoms with van der Waals surface area (Å²) in [5.74, 6) is -2.45. The molecule has 12 nitrogen and oxygen atoms in total. The summed E-state index contributed by atoms with van der Waals surface area (Å²) in [6.07, 6.45) is 2.27.